The van der Waals surface area contributed by atoms with Crippen LogP contribution in [0.2, 0.25) is 10.0 Å². The summed E-state index contributed by atoms with van der Waals surface area (Å²) in [6, 6.07) is 13.5. The molecule has 1 fully saturated rings. The number of hydrogen-bond donors (Lipinski definition) is 2. The highest BCUT2D eigenvalue weighted by Gasteiger charge is 2.47. The monoisotopic (exact) mass is 541 g/mol. The molecule has 1 saturated heterocycles. The molecule has 10 heteroatoms. The molecule has 1 atom stereocenters. The Labute approximate surface area is 222 Å². The number of Topliss-reactive ketones (excluding diaryl/α,β-unsaturated/α-hetero) is 1. The summed E-state index contributed by atoms with van der Waals surface area (Å²) in [7, 11) is 1.38. The van der Waals surface area contributed by atoms with E-state index in [0.717, 1.165) is 4.90 Å². The van der Waals surface area contributed by atoms with Crippen LogP contribution in [0.3, 0.4) is 0 Å². The van der Waals surface area contributed by atoms with Gasteiger partial charge in [-0.05, 0) is 55.0 Å². The number of aliphatic hydroxyl groups excluding tert-OH is 1. The summed E-state index contributed by atoms with van der Waals surface area (Å²) in [5, 5.41) is 21.6. The predicted molar refractivity (Wildman–Crippen MR) is 138 cm³/mol. The van der Waals surface area contributed by atoms with Crippen LogP contribution in [0.15, 0.2) is 66.2 Å². The number of ether oxygens (including phenoxy) is 2. The molecule has 0 spiro atoms. The minimum absolute atomic E-state index is 0.0826. The van der Waals surface area contributed by atoms with Gasteiger partial charge >= 0.3 is 5.97 Å². The second-order valence-corrected chi connectivity index (χ2v) is 8.82. The maximum atomic E-state index is 13.3. The fourth-order valence-electron chi connectivity index (χ4n) is 4.15. The average Bonchev–Trinajstić information content (AvgIpc) is 3.14. The van der Waals surface area contributed by atoms with Gasteiger partial charge in [-0.3, -0.25) is 14.5 Å². The smallest absolute Gasteiger partial charge is 0.338 e. The maximum absolute atomic E-state index is 13.3. The van der Waals surface area contributed by atoms with Crippen molar-refractivity contribution in [3.8, 4) is 11.5 Å². The zero-order valence-corrected chi connectivity index (χ0v) is 21.2. The van der Waals surface area contributed by atoms with Crippen LogP contribution < -0.4 is 9.64 Å². The van der Waals surface area contributed by atoms with E-state index in [1.165, 1.54) is 43.5 Å². The van der Waals surface area contributed by atoms with Crippen molar-refractivity contribution in [1.29, 1.82) is 0 Å². The molecule has 1 aliphatic heterocycles. The second-order valence-electron chi connectivity index (χ2n) is 8.01. The number of ketones is 1. The van der Waals surface area contributed by atoms with Gasteiger partial charge in [0.15, 0.2) is 5.75 Å². The van der Waals surface area contributed by atoms with Crippen molar-refractivity contribution in [2.45, 2.75) is 13.0 Å². The molecule has 1 heterocycles. The van der Waals surface area contributed by atoms with Crippen molar-refractivity contribution in [3.05, 3.63) is 93.0 Å². The fourth-order valence-corrected chi connectivity index (χ4v) is 4.79. The van der Waals surface area contributed by atoms with E-state index in [9.17, 15) is 24.6 Å². The summed E-state index contributed by atoms with van der Waals surface area (Å²) in [6.07, 6.45) is 0. The molecule has 4 rings (SSSR count). The Morgan fingerprint density at radius 2 is 1.68 bits per heavy atom. The van der Waals surface area contributed by atoms with Crippen LogP contribution in [0.4, 0.5) is 5.69 Å². The van der Waals surface area contributed by atoms with Crippen molar-refractivity contribution in [3.63, 3.8) is 0 Å². The molecular formula is C27H21Cl2NO7. The van der Waals surface area contributed by atoms with Gasteiger partial charge in [-0.2, -0.15) is 0 Å². The van der Waals surface area contributed by atoms with Gasteiger partial charge in [-0.25, -0.2) is 4.79 Å². The topological polar surface area (TPSA) is 113 Å². The number of nitrogens with zero attached hydrogens (tertiary/aromatic N) is 1. The number of halogens is 2. The standard InChI is InChI=1S/C27H21Cl2NO7/c1-3-37-27(35)15-7-4-8-17(10-15)30-22(14-6-5-9-18(31)11-14)21(24(33)26(30)34)23(32)16-12-19(28)25(36-2)20(29)13-16/h4-13,22,31-32H,3H2,1-2H3/b23-21+. The number of rotatable bonds is 6. The number of phenols is 1. The van der Waals surface area contributed by atoms with E-state index < -0.39 is 29.5 Å². The van der Waals surface area contributed by atoms with E-state index >= 15 is 0 Å². The van der Waals surface area contributed by atoms with Crippen LogP contribution in [-0.4, -0.2) is 41.6 Å². The number of aromatic hydroxyl groups is 1. The Morgan fingerprint density at radius 1 is 1.00 bits per heavy atom. The van der Waals surface area contributed by atoms with E-state index in [4.69, 9.17) is 32.7 Å². The SMILES string of the molecule is CCOC(=O)c1cccc(N2C(=O)C(=O)/C(=C(/O)c3cc(Cl)c(OC)c(Cl)c3)C2c2cccc(O)c2)c1. The van der Waals surface area contributed by atoms with E-state index in [2.05, 4.69) is 0 Å². The predicted octanol–water partition coefficient (Wildman–Crippen LogP) is 5.51. The van der Waals surface area contributed by atoms with Crippen molar-refractivity contribution in [1.82, 2.24) is 0 Å². The molecule has 3 aromatic carbocycles. The summed E-state index contributed by atoms with van der Waals surface area (Å²) >= 11 is 12.5. The molecule has 0 radical (unpaired) electrons. The summed E-state index contributed by atoms with van der Waals surface area (Å²) in [5.74, 6) is -2.98. The van der Waals surface area contributed by atoms with Gasteiger partial charge in [-0.15, -0.1) is 0 Å². The highest BCUT2D eigenvalue weighted by Crippen LogP contribution is 2.44. The molecule has 1 unspecified atom stereocenters. The highest BCUT2D eigenvalue weighted by atomic mass is 35.5. The molecule has 0 bridgehead atoms. The van der Waals surface area contributed by atoms with Crippen molar-refractivity contribution >= 4 is 52.3 Å². The Kier molecular flexibility index (Phi) is 7.42. The number of aliphatic hydroxyl groups is 1. The highest BCUT2D eigenvalue weighted by molar-refractivity contribution is 6.52. The average molecular weight is 542 g/mol. The molecule has 2 N–H and O–H groups in total. The molecule has 0 aromatic heterocycles. The van der Waals surface area contributed by atoms with Gasteiger partial charge in [0.05, 0.1) is 40.9 Å². The number of carbonyl (C=O) groups is 3. The van der Waals surface area contributed by atoms with E-state index in [-0.39, 0.29) is 50.5 Å². The first-order valence-corrected chi connectivity index (χ1v) is 11.8. The minimum atomic E-state index is -1.15. The zero-order valence-electron chi connectivity index (χ0n) is 19.7. The molecule has 8 nitrogen and oxygen atoms in total. The molecular weight excluding hydrogens is 521 g/mol. The molecule has 1 aliphatic rings. The lowest BCUT2D eigenvalue weighted by Crippen LogP contribution is -2.29. The molecule has 3 aromatic rings. The van der Waals surface area contributed by atoms with Gasteiger partial charge in [0.25, 0.3) is 11.7 Å². The number of amides is 1. The molecule has 37 heavy (non-hydrogen) atoms. The van der Waals surface area contributed by atoms with E-state index in [1.54, 1.807) is 31.2 Å². The van der Waals surface area contributed by atoms with Crippen LogP contribution in [0, 0.1) is 0 Å². The maximum Gasteiger partial charge on any atom is 0.338 e. The summed E-state index contributed by atoms with van der Waals surface area (Å²) < 4.78 is 10.2. The lowest BCUT2D eigenvalue weighted by molar-refractivity contribution is -0.132. The first kappa shape index (κ1) is 26.1. The Hall–Kier alpha value is -4.01. The lowest BCUT2D eigenvalue weighted by atomic mass is 9.95. The molecule has 190 valence electrons. The fraction of sp³-hybridized carbons (Fsp3) is 0.148. The molecule has 1 amide bonds. The second kappa shape index (κ2) is 10.5. The lowest BCUT2D eigenvalue weighted by Gasteiger charge is -2.26. The Balaban J connectivity index is 1.94. The number of hydrogen-bond acceptors (Lipinski definition) is 7. The third-order valence-corrected chi connectivity index (χ3v) is 6.30. The number of esters is 1. The summed E-state index contributed by atoms with van der Waals surface area (Å²) in [6.45, 7) is 1.82. The Morgan fingerprint density at radius 3 is 2.30 bits per heavy atom. The minimum Gasteiger partial charge on any atom is -0.508 e. The number of carbonyl (C=O) groups excluding carboxylic acids is 3. The summed E-state index contributed by atoms with van der Waals surface area (Å²) in [5.41, 5.74) is 0.553. The normalized spacial score (nSPS) is 16.6. The quantitative estimate of drug-likeness (QED) is 0.183. The van der Waals surface area contributed by atoms with Crippen LogP contribution >= 0.6 is 23.2 Å². The third-order valence-electron chi connectivity index (χ3n) is 5.74. The number of methoxy groups -OCH3 is 1. The van der Waals surface area contributed by atoms with Crippen molar-refractivity contribution < 1.29 is 34.1 Å². The number of phenolic OH excluding ortho intramolecular Hbond substituents is 1. The van der Waals surface area contributed by atoms with Gasteiger partial charge in [0.2, 0.25) is 0 Å². The first-order chi connectivity index (χ1) is 17.7. The largest absolute Gasteiger partial charge is 0.508 e. The number of benzene rings is 3. The van der Waals surface area contributed by atoms with Crippen LogP contribution in [0.1, 0.15) is 34.5 Å². The summed E-state index contributed by atoms with van der Waals surface area (Å²) in [4.78, 5) is 40.1. The van der Waals surface area contributed by atoms with Gasteiger partial charge < -0.3 is 19.7 Å². The molecule has 0 aliphatic carbocycles. The van der Waals surface area contributed by atoms with Gasteiger partial charge in [-0.1, -0.05) is 41.4 Å². The van der Waals surface area contributed by atoms with Crippen molar-refractivity contribution in [2.75, 3.05) is 18.6 Å². The zero-order chi connectivity index (χ0) is 26.9. The van der Waals surface area contributed by atoms with E-state index in [0.29, 0.717) is 5.56 Å². The van der Waals surface area contributed by atoms with Crippen LogP contribution in [0.5, 0.6) is 11.5 Å². The van der Waals surface area contributed by atoms with Crippen molar-refractivity contribution in [2.24, 2.45) is 0 Å². The first-order valence-electron chi connectivity index (χ1n) is 11.1. The number of anilines is 1. The third kappa shape index (κ3) is 4.85. The van der Waals surface area contributed by atoms with Crippen LogP contribution in [0.25, 0.3) is 5.76 Å². The van der Waals surface area contributed by atoms with E-state index in [1.807, 2.05) is 0 Å². The van der Waals surface area contributed by atoms with Crippen LogP contribution in [-0.2, 0) is 14.3 Å². The molecule has 0 saturated carbocycles. The van der Waals surface area contributed by atoms with Gasteiger partial charge in [0.1, 0.15) is 11.5 Å². The van der Waals surface area contributed by atoms with Gasteiger partial charge in [0, 0.05) is 11.3 Å². The Bertz CT molecular complexity index is 1430.